The third-order valence-corrected chi connectivity index (χ3v) is 1.29. The van der Waals surface area contributed by atoms with Crippen LogP contribution in [0.25, 0.3) is 6.08 Å². The maximum atomic E-state index is 12.7. The predicted octanol–water partition coefficient (Wildman–Crippen LogP) is 1.35. The van der Waals surface area contributed by atoms with Crippen LogP contribution in [0.5, 0.6) is 0 Å². The van der Waals surface area contributed by atoms with Gasteiger partial charge in [-0.1, -0.05) is 6.08 Å². The Labute approximate surface area is 73.8 Å². The lowest BCUT2D eigenvalue weighted by atomic mass is 10.3. The number of carboxylic acid groups (broad SMARTS) is 1. The fourth-order valence-corrected chi connectivity index (χ4v) is 0.775. The van der Waals surface area contributed by atoms with Gasteiger partial charge in [0, 0.05) is 0 Å². The summed E-state index contributed by atoms with van der Waals surface area (Å²) in [7, 11) is 0. The number of aromatic nitrogens is 2. The Morgan fingerprint density at radius 3 is 2.92 bits per heavy atom. The van der Waals surface area contributed by atoms with Gasteiger partial charge in [0.1, 0.15) is 0 Å². The van der Waals surface area contributed by atoms with E-state index in [2.05, 4.69) is 9.97 Å². The predicted molar refractivity (Wildman–Crippen MR) is 43.7 cm³/mol. The van der Waals surface area contributed by atoms with Crippen molar-refractivity contribution in [2.45, 2.75) is 6.92 Å². The van der Waals surface area contributed by atoms with Crippen LogP contribution in [0.3, 0.4) is 0 Å². The van der Waals surface area contributed by atoms with Crippen LogP contribution in [0, 0.1) is 5.95 Å². The van der Waals surface area contributed by atoms with Crippen molar-refractivity contribution in [3.05, 3.63) is 29.6 Å². The second-order valence-electron chi connectivity index (χ2n) is 2.24. The first-order chi connectivity index (χ1) is 6.15. The topological polar surface area (TPSA) is 63.1 Å². The molecular formula is C8H7FN2O2. The molecule has 0 atom stereocenters. The van der Waals surface area contributed by atoms with Gasteiger partial charge in [-0.15, -0.1) is 0 Å². The minimum absolute atomic E-state index is 0.321. The maximum absolute atomic E-state index is 12.7. The second-order valence-corrected chi connectivity index (χ2v) is 2.24. The molecule has 0 aliphatic carbocycles. The Kier molecular flexibility index (Phi) is 2.69. The molecule has 0 unspecified atom stereocenters. The van der Waals surface area contributed by atoms with Gasteiger partial charge in [0.25, 0.3) is 0 Å². The molecule has 0 saturated heterocycles. The maximum Gasteiger partial charge on any atom is 0.359 e. The van der Waals surface area contributed by atoms with Crippen molar-refractivity contribution in [2.24, 2.45) is 0 Å². The van der Waals surface area contributed by atoms with Crippen LogP contribution in [-0.2, 0) is 0 Å². The first-order valence-electron chi connectivity index (χ1n) is 3.53. The van der Waals surface area contributed by atoms with E-state index >= 15 is 0 Å². The number of nitrogens with zero attached hydrogens (tertiary/aromatic N) is 2. The molecule has 0 fully saturated rings. The number of halogens is 1. The first kappa shape index (κ1) is 9.31. The lowest BCUT2D eigenvalue weighted by molar-refractivity contribution is 0.0683. The molecule has 0 radical (unpaired) electrons. The van der Waals surface area contributed by atoms with Crippen molar-refractivity contribution >= 4 is 12.0 Å². The molecule has 1 N–H and O–H groups in total. The van der Waals surface area contributed by atoms with Crippen LogP contribution in [-0.4, -0.2) is 21.0 Å². The molecule has 0 saturated carbocycles. The summed E-state index contributed by atoms with van der Waals surface area (Å²) in [6.45, 7) is 1.74. The highest BCUT2D eigenvalue weighted by molar-refractivity contribution is 5.85. The van der Waals surface area contributed by atoms with E-state index < -0.39 is 17.6 Å². The summed E-state index contributed by atoms with van der Waals surface area (Å²) < 4.78 is 12.7. The van der Waals surface area contributed by atoms with E-state index in [-0.39, 0.29) is 0 Å². The third-order valence-electron chi connectivity index (χ3n) is 1.29. The highest BCUT2D eigenvalue weighted by Crippen LogP contribution is 2.03. The van der Waals surface area contributed by atoms with Crippen molar-refractivity contribution in [2.75, 3.05) is 0 Å². The molecule has 13 heavy (non-hydrogen) atoms. The highest BCUT2D eigenvalue weighted by atomic mass is 19.1. The molecule has 0 spiro atoms. The van der Waals surface area contributed by atoms with Crippen LogP contribution in [0.15, 0.2) is 12.3 Å². The minimum Gasteiger partial charge on any atom is -0.476 e. The Bertz CT molecular complexity index is 363. The summed E-state index contributed by atoms with van der Waals surface area (Å²) in [5.41, 5.74) is -0.336. The first-order valence-corrected chi connectivity index (χ1v) is 3.53. The molecular weight excluding hydrogens is 175 g/mol. The Morgan fingerprint density at radius 2 is 2.38 bits per heavy atom. The van der Waals surface area contributed by atoms with Gasteiger partial charge in [0.15, 0.2) is 0 Å². The molecule has 0 aliphatic rings. The van der Waals surface area contributed by atoms with Gasteiger partial charge in [0.2, 0.25) is 11.6 Å². The zero-order chi connectivity index (χ0) is 9.84. The molecule has 68 valence electrons. The van der Waals surface area contributed by atoms with Crippen molar-refractivity contribution < 1.29 is 14.3 Å². The highest BCUT2D eigenvalue weighted by Gasteiger charge is 2.13. The van der Waals surface area contributed by atoms with Crippen LogP contribution in [0.2, 0.25) is 0 Å². The third kappa shape index (κ3) is 2.08. The number of hydrogen-bond acceptors (Lipinski definition) is 3. The van der Waals surface area contributed by atoms with E-state index in [1.807, 2.05) is 0 Å². The quantitative estimate of drug-likeness (QED) is 0.749. The molecule has 5 heteroatoms. The Balaban J connectivity index is 3.18. The standard InChI is InChI=1S/C8H7FN2O2/c1-2-3-5-4-10-7(9)6(11-5)8(12)13/h2-4H,1H3,(H,12,13)/b3-2+. The van der Waals surface area contributed by atoms with Gasteiger partial charge in [-0.3, -0.25) is 0 Å². The molecule has 0 amide bonds. The summed E-state index contributed by atoms with van der Waals surface area (Å²) in [5, 5.41) is 8.49. The van der Waals surface area contributed by atoms with E-state index in [0.29, 0.717) is 5.69 Å². The van der Waals surface area contributed by atoms with E-state index in [4.69, 9.17) is 5.11 Å². The number of carbonyl (C=O) groups is 1. The zero-order valence-electron chi connectivity index (χ0n) is 6.86. The van der Waals surface area contributed by atoms with E-state index in [0.717, 1.165) is 0 Å². The van der Waals surface area contributed by atoms with Gasteiger partial charge in [0.05, 0.1) is 11.9 Å². The molecule has 0 aliphatic heterocycles. The fraction of sp³-hybridized carbons (Fsp3) is 0.125. The molecule has 0 aromatic carbocycles. The van der Waals surface area contributed by atoms with E-state index in [9.17, 15) is 9.18 Å². The number of carboxylic acids is 1. The lowest BCUT2D eigenvalue weighted by Gasteiger charge is -1.96. The SMILES string of the molecule is C/C=C/c1cnc(F)c(C(=O)O)n1. The normalized spacial score (nSPS) is 10.6. The second kappa shape index (κ2) is 3.75. The number of rotatable bonds is 2. The van der Waals surface area contributed by atoms with Crippen molar-refractivity contribution in [3.63, 3.8) is 0 Å². The van der Waals surface area contributed by atoms with Gasteiger partial charge < -0.3 is 5.11 Å². The van der Waals surface area contributed by atoms with Crippen molar-refractivity contribution in [1.29, 1.82) is 0 Å². The molecule has 1 aromatic rings. The van der Waals surface area contributed by atoms with Crippen molar-refractivity contribution in [3.8, 4) is 0 Å². The Hall–Kier alpha value is -1.78. The van der Waals surface area contributed by atoms with E-state index in [1.54, 1.807) is 19.1 Å². The van der Waals surface area contributed by atoms with Gasteiger partial charge in [-0.05, 0) is 13.0 Å². The smallest absolute Gasteiger partial charge is 0.359 e. The van der Waals surface area contributed by atoms with E-state index in [1.165, 1.54) is 6.20 Å². The number of aromatic carboxylic acids is 1. The molecule has 1 rings (SSSR count). The molecule has 4 nitrogen and oxygen atoms in total. The van der Waals surface area contributed by atoms with Gasteiger partial charge >= 0.3 is 5.97 Å². The van der Waals surface area contributed by atoms with Crippen LogP contribution >= 0.6 is 0 Å². The summed E-state index contributed by atoms with van der Waals surface area (Å²) >= 11 is 0. The summed E-state index contributed by atoms with van der Waals surface area (Å²) in [6.07, 6.45) is 4.37. The largest absolute Gasteiger partial charge is 0.476 e. The number of allylic oxidation sites excluding steroid dienone is 1. The summed E-state index contributed by atoms with van der Waals surface area (Å²) in [6, 6.07) is 0. The lowest BCUT2D eigenvalue weighted by Crippen LogP contribution is -2.07. The van der Waals surface area contributed by atoms with Gasteiger partial charge in [-0.2, -0.15) is 4.39 Å². The summed E-state index contributed by atoms with van der Waals surface area (Å²) in [5.74, 6) is -2.49. The Morgan fingerprint density at radius 1 is 1.69 bits per heavy atom. The van der Waals surface area contributed by atoms with Crippen molar-refractivity contribution in [1.82, 2.24) is 9.97 Å². The fourth-order valence-electron chi connectivity index (χ4n) is 0.775. The molecule has 1 aromatic heterocycles. The summed E-state index contributed by atoms with van der Waals surface area (Å²) in [4.78, 5) is 17.2. The van der Waals surface area contributed by atoms with Crippen LogP contribution < -0.4 is 0 Å². The monoisotopic (exact) mass is 182 g/mol. The average molecular weight is 182 g/mol. The average Bonchev–Trinajstić information content (AvgIpc) is 2.08. The molecule has 0 bridgehead atoms. The zero-order valence-corrected chi connectivity index (χ0v) is 6.86. The van der Waals surface area contributed by atoms with Crippen LogP contribution in [0.4, 0.5) is 4.39 Å². The minimum atomic E-state index is -1.42. The van der Waals surface area contributed by atoms with Gasteiger partial charge in [-0.25, -0.2) is 14.8 Å². The number of hydrogen-bond donors (Lipinski definition) is 1. The van der Waals surface area contributed by atoms with Crippen LogP contribution in [0.1, 0.15) is 23.1 Å². The molecule has 1 heterocycles.